The first-order chi connectivity index (χ1) is 10.1. The van der Waals surface area contributed by atoms with Crippen molar-refractivity contribution >= 4 is 15.9 Å². The average molecular weight is 354 g/mol. The Bertz CT molecular complexity index is 596. The fourth-order valence-corrected chi connectivity index (χ4v) is 2.86. The summed E-state index contributed by atoms with van der Waals surface area (Å²) in [5.41, 5.74) is 0.891. The number of nitrogens with one attached hydrogen (secondary N) is 1. The monoisotopic (exact) mass is 353 g/mol. The summed E-state index contributed by atoms with van der Waals surface area (Å²) in [5, 5.41) is 7.35. The Morgan fingerprint density at radius 2 is 2.19 bits per heavy atom. The minimum atomic E-state index is 0.169. The number of benzene rings is 1. The highest BCUT2D eigenvalue weighted by Gasteiger charge is 2.22. The second kappa shape index (κ2) is 7.04. The van der Waals surface area contributed by atoms with Crippen LogP contribution in [0.1, 0.15) is 32.1 Å². The van der Waals surface area contributed by atoms with Gasteiger partial charge in [-0.1, -0.05) is 19.0 Å². The van der Waals surface area contributed by atoms with Gasteiger partial charge >= 0.3 is 0 Å². The van der Waals surface area contributed by atoms with E-state index < -0.39 is 0 Å². The summed E-state index contributed by atoms with van der Waals surface area (Å²) in [6.45, 7) is 4.22. The lowest BCUT2D eigenvalue weighted by molar-refractivity contribution is 0.326. The SMILES string of the molecule is CCC(NC)C(C)c1nc(-c2ccc(OC)c(Br)c2)no1. The number of ether oxygens (including phenoxy) is 1. The maximum atomic E-state index is 5.41. The second-order valence-electron chi connectivity index (χ2n) is 4.90. The van der Waals surface area contributed by atoms with Gasteiger partial charge in [0.25, 0.3) is 0 Å². The molecule has 2 aromatic rings. The van der Waals surface area contributed by atoms with E-state index in [0.717, 1.165) is 22.2 Å². The highest BCUT2D eigenvalue weighted by Crippen LogP contribution is 2.30. The van der Waals surface area contributed by atoms with Crippen LogP contribution in [0.25, 0.3) is 11.4 Å². The van der Waals surface area contributed by atoms with E-state index in [2.05, 4.69) is 45.2 Å². The summed E-state index contributed by atoms with van der Waals surface area (Å²) >= 11 is 3.46. The quantitative estimate of drug-likeness (QED) is 0.859. The van der Waals surface area contributed by atoms with E-state index in [-0.39, 0.29) is 5.92 Å². The number of aromatic nitrogens is 2. The molecule has 6 heteroatoms. The van der Waals surface area contributed by atoms with Gasteiger partial charge in [0.15, 0.2) is 0 Å². The Balaban J connectivity index is 2.25. The molecule has 1 aromatic heterocycles. The average Bonchev–Trinajstić information content (AvgIpc) is 2.98. The summed E-state index contributed by atoms with van der Waals surface area (Å²) in [6.07, 6.45) is 1.00. The van der Waals surface area contributed by atoms with Crippen molar-refractivity contribution in [2.45, 2.75) is 32.2 Å². The van der Waals surface area contributed by atoms with Crippen molar-refractivity contribution in [3.8, 4) is 17.1 Å². The van der Waals surface area contributed by atoms with E-state index in [1.165, 1.54) is 0 Å². The van der Waals surface area contributed by atoms with Gasteiger partial charge in [0, 0.05) is 11.6 Å². The third-order valence-electron chi connectivity index (χ3n) is 3.66. The molecule has 0 saturated heterocycles. The first kappa shape index (κ1) is 16.0. The topological polar surface area (TPSA) is 60.2 Å². The molecule has 1 aromatic carbocycles. The Hall–Kier alpha value is -1.40. The van der Waals surface area contributed by atoms with Crippen LogP contribution in [0.2, 0.25) is 0 Å². The predicted molar refractivity (Wildman–Crippen MR) is 85.5 cm³/mol. The zero-order valence-electron chi connectivity index (χ0n) is 12.7. The highest BCUT2D eigenvalue weighted by atomic mass is 79.9. The minimum Gasteiger partial charge on any atom is -0.496 e. The first-order valence-corrected chi connectivity index (χ1v) is 7.74. The molecule has 0 aliphatic heterocycles. The Morgan fingerprint density at radius 1 is 1.43 bits per heavy atom. The third-order valence-corrected chi connectivity index (χ3v) is 4.28. The normalized spacial score (nSPS) is 14.0. The van der Waals surface area contributed by atoms with E-state index in [1.807, 2.05) is 25.2 Å². The molecule has 0 radical (unpaired) electrons. The Morgan fingerprint density at radius 3 is 2.76 bits per heavy atom. The minimum absolute atomic E-state index is 0.169. The van der Waals surface area contributed by atoms with Crippen LogP contribution in [0.15, 0.2) is 27.2 Å². The summed E-state index contributed by atoms with van der Waals surface area (Å²) in [4.78, 5) is 4.51. The zero-order valence-corrected chi connectivity index (χ0v) is 14.3. The zero-order chi connectivity index (χ0) is 15.4. The van der Waals surface area contributed by atoms with Gasteiger partial charge in [-0.05, 0) is 47.6 Å². The second-order valence-corrected chi connectivity index (χ2v) is 5.75. The van der Waals surface area contributed by atoms with Crippen molar-refractivity contribution in [1.82, 2.24) is 15.5 Å². The molecule has 0 amide bonds. The number of hydrogen-bond donors (Lipinski definition) is 1. The Labute approximate surface area is 133 Å². The van der Waals surface area contributed by atoms with Gasteiger partial charge in [0.1, 0.15) is 5.75 Å². The third kappa shape index (κ3) is 3.44. The number of methoxy groups -OCH3 is 1. The molecule has 1 heterocycles. The van der Waals surface area contributed by atoms with Crippen molar-refractivity contribution in [3.05, 3.63) is 28.6 Å². The van der Waals surface area contributed by atoms with E-state index in [9.17, 15) is 0 Å². The van der Waals surface area contributed by atoms with Crippen LogP contribution in [0.3, 0.4) is 0 Å². The summed E-state index contributed by atoms with van der Waals surface area (Å²) in [7, 11) is 3.58. The fraction of sp³-hybridized carbons (Fsp3) is 0.467. The van der Waals surface area contributed by atoms with Gasteiger partial charge in [-0.15, -0.1) is 0 Å². The molecule has 2 atom stereocenters. The molecule has 0 bridgehead atoms. The van der Waals surface area contributed by atoms with Crippen molar-refractivity contribution in [2.24, 2.45) is 0 Å². The van der Waals surface area contributed by atoms with Gasteiger partial charge in [-0.25, -0.2) is 0 Å². The lowest BCUT2D eigenvalue weighted by Gasteiger charge is -2.18. The predicted octanol–water partition coefficient (Wildman–Crippen LogP) is 3.61. The molecule has 0 spiro atoms. The molecule has 0 saturated carbocycles. The van der Waals surface area contributed by atoms with Gasteiger partial charge in [0.05, 0.1) is 17.5 Å². The maximum Gasteiger partial charge on any atom is 0.231 e. The number of nitrogens with zero attached hydrogens (tertiary/aromatic N) is 2. The van der Waals surface area contributed by atoms with Crippen LogP contribution >= 0.6 is 15.9 Å². The molecular weight excluding hydrogens is 334 g/mol. The van der Waals surface area contributed by atoms with Crippen LogP contribution in [0, 0.1) is 0 Å². The van der Waals surface area contributed by atoms with Crippen LogP contribution < -0.4 is 10.1 Å². The molecule has 2 rings (SSSR count). The smallest absolute Gasteiger partial charge is 0.231 e. The maximum absolute atomic E-state index is 5.41. The standard InChI is InChI=1S/C15H20BrN3O2/c1-5-12(17-3)9(2)15-18-14(19-21-15)10-6-7-13(20-4)11(16)8-10/h6-9,12,17H,5H2,1-4H3. The van der Waals surface area contributed by atoms with E-state index in [0.29, 0.717) is 17.8 Å². The summed E-state index contributed by atoms with van der Waals surface area (Å²) in [5.74, 6) is 2.18. The van der Waals surface area contributed by atoms with Crippen LogP contribution in [-0.4, -0.2) is 30.3 Å². The number of likely N-dealkylation sites (N-methyl/N-ethyl adjacent to an activating group) is 1. The largest absolute Gasteiger partial charge is 0.496 e. The van der Waals surface area contributed by atoms with E-state index >= 15 is 0 Å². The van der Waals surface area contributed by atoms with Crippen molar-refractivity contribution in [3.63, 3.8) is 0 Å². The molecule has 0 aliphatic carbocycles. The molecule has 2 unspecified atom stereocenters. The van der Waals surface area contributed by atoms with Gasteiger partial charge in [-0.2, -0.15) is 4.98 Å². The summed E-state index contributed by atoms with van der Waals surface area (Å²) < 4.78 is 11.5. The Kier molecular flexibility index (Phi) is 5.36. The van der Waals surface area contributed by atoms with Crippen LogP contribution in [-0.2, 0) is 0 Å². The van der Waals surface area contributed by atoms with E-state index in [4.69, 9.17) is 9.26 Å². The van der Waals surface area contributed by atoms with Crippen molar-refractivity contribution < 1.29 is 9.26 Å². The fourth-order valence-electron chi connectivity index (χ4n) is 2.32. The molecule has 1 N–H and O–H groups in total. The van der Waals surface area contributed by atoms with Gasteiger partial charge in [-0.3, -0.25) is 0 Å². The molecule has 21 heavy (non-hydrogen) atoms. The molecule has 0 aliphatic rings. The number of halogens is 1. The van der Waals surface area contributed by atoms with Gasteiger partial charge in [0.2, 0.25) is 11.7 Å². The summed E-state index contributed by atoms with van der Waals surface area (Å²) in [6, 6.07) is 6.04. The van der Waals surface area contributed by atoms with Crippen LogP contribution in [0.4, 0.5) is 0 Å². The molecule has 114 valence electrons. The molecule has 5 nitrogen and oxygen atoms in total. The highest BCUT2D eigenvalue weighted by molar-refractivity contribution is 9.10. The van der Waals surface area contributed by atoms with Crippen LogP contribution in [0.5, 0.6) is 5.75 Å². The first-order valence-electron chi connectivity index (χ1n) is 6.95. The molecule has 0 fully saturated rings. The lowest BCUT2D eigenvalue weighted by atomic mass is 10.00. The molecular formula is C15H20BrN3O2. The number of rotatable bonds is 6. The van der Waals surface area contributed by atoms with Gasteiger partial charge < -0.3 is 14.6 Å². The lowest BCUT2D eigenvalue weighted by Crippen LogP contribution is -2.30. The van der Waals surface area contributed by atoms with E-state index in [1.54, 1.807) is 7.11 Å². The van der Waals surface area contributed by atoms with Crippen molar-refractivity contribution in [1.29, 1.82) is 0 Å². The van der Waals surface area contributed by atoms with Crippen molar-refractivity contribution in [2.75, 3.05) is 14.2 Å². The number of hydrogen-bond acceptors (Lipinski definition) is 5.